The molecule has 164 valence electrons. The average Bonchev–Trinajstić information content (AvgIpc) is 3.41. The molecule has 2 aromatic carbocycles. The summed E-state index contributed by atoms with van der Waals surface area (Å²) in [7, 11) is -3.35. The number of nitriles is 1. The van der Waals surface area contributed by atoms with Crippen molar-refractivity contribution < 1.29 is 13.2 Å². The Bertz CT molecular complexity index is 1350. The number of hydrogen-bond donors (Lipinski definition) is 1. The zero-order chi connectivity index (χ0) is 22.9. The van der Waals surface area contributed by atoms with Crippen LogP contribution >= 0.6 is 11.3 Å². The van der Waals surface area contributed by atoms with Gasteiger partial charge in [-0.05, 0) is 51.0 Å². The Morgan fingerprint density at radius 1 is 1.19 bits per heavy atom. The number of nitrogens with zero attached hydrogens (tertiary/aromatic N) is 3. The topological polar surface area (TPSA) is 105 Å². The van der Waals surface area contributed by atoms with E-state index in [1.807, 2.05) is 44.2 Å². The Hall–Kier alpha value is -3.22. The molecule has 0 saturated carbocycles. The van der Waals surface area contributed by atoms with E-state index in [4.69, 9.17) is 4.74 Å². The van der Waals surface area contributed by atoms with Crippen molar-refractivity contribution in [2.24, 2.45) is 0 Å². The van der Waals surface area contributed by atoms with E-state index in [0.717, 1.165) is 27.3 Å². The first kappa shape index (κ1) is 22.0. The van der Waals surface area contributed by atoms with E-state index < -0.39 is 10.0 Å². The molecule has 7 nitrogen and oxygen atoms in total. The van der Waals surface area contributed by atoms with Crippen molar-refractivity contribution >= 4 is 27.1 Å². The van der Waals surface area contributed by atoms with Crippen LogP contribution in [0.3, 0.4) is 0 Å². The SMILES string of the molecule is CCS(=O)(=O)NC1=CCc2c1cccc2-c1nnc(-c2ccc(OC(C)C)c(C#N)c2)s1. The third-order valence-corrected chi connectivity index (χ3v) is 7.28. The first-order valence-corrected chi connectivity index (χ1v) is 12.7. The van der Waals surface area contributed by atoms with E-state index in [0.29, 0.717) is 28.4 Å². The summed E-state index contributed by atoms with van der Waals surface area (Å²) in [5.74, 6) is 0.565. The fourth-order valence-electron chi connectivity index (χ4n) is 3.47. The molecule has 1 aromatic heterocycles. The van der Waals surface area contributed by atoms with Crippen molar-refractivity contribution in [1.29, 1.82) is 5.26 Å². The van der Waals surface area contributed by atoms with Crippen LogP contribution in [0.1, 0.15) is 37.5 Å². The molecule has 0 saturated heterocycles. The summed E-state index contributed by atoms with van der Waals surface area (Å²) >= 11 is 1.43. The van der Waals surface area contributed by atoms with E-state index in [-0.39, 0.29) is 11.9 Å². The molecule has 1 heterocycles. The fraction of sp³-hybridized carbons (Fsp3) is 0.261. The smallest absolute Gasteiger partial charge is 0.232 e. The average molecular weight is 467 g/mol. The summed E-state index contributed by atoms with van der Waals surface area (Å²) < 4.78 is 32.4. The van der Waals surface area contributed by atoms with Crippen LogP contribution in [0.15, 0.2) is 42.5 Å². The van der Waals surface area contributed by atoms with E-state index in [2.05, 4.69) is 21.0 Å². The number of nitrogens with one attached hydrogen (secondary N) is 1. The number of fused-ring (bicyclic) bond motifs is 1. The Kier molecular flexibility index (Phi) is 6.00. The monoisotopic (exact) mass is 466 g/mol. The maximum absolute atomic E-state index is 12.0. The summed E-state index contributed by atoms with van der Waals surface area (Å²) in [6.07, 6.45) is 2.47. The summed E-state index contributed by atoms with van der Waals surface area (Å²) in [5.41, 5.74) is 4.65. The number of hydrogen-bond acceptors (Lipinski definition) is 7. The van der Waals surface area contributed by atoms with E-state index in [1.54, 1.807) is 19.1 Å². The summed E-state index contributed by atoms with van der Waals surface area (Å²) in [5, 5.41) is 19.6. The first-order chi connectivity index (χ1) is 15.3. The van der Waals surface area contributed by atoms with Crippen LogP contribution in [0.4, 0.5) is 0 Å². The lowest BCUT2D eigenvalue weighted by Crippen LogP contribution is -2.23. The predicted octanol–water partition coefficient (Wildman–Crippen LogP) is 4.37. The van der Waals surface area contributed by atoms with Gasteiger partial charge in [0.1, 0.15) is 21.8 Å². The third kappa shape index (κ3) is 4.38. The predicted molar refractivity (Wildman–Crippen MR) is 126 cm³/mol. The van der Waals surface area contributed by atoms with Gasteiger partial charge in [-0.2, -0.15) is 5.26 Å². The van der Waals surface area contributed by atoms with Gasteiger partial charge in [0.15, 0.2) is 0 Å². The van der Waals surface area contributed by atoms with Crippen LogP contribution < -0.4 is 9.46 Å². The number of allylic oxidation sites excluding steroid dienone is 1. The summed E-state index contributed by atoms with van der Waals surface area (Å²) in [4.78, 5) is 0. The van der Waals surface area contributed by atoms with Crippen LogP contribution in [0.5, 0.6) is 5.75 Å². The lowest BCUT2D eigenvalue weighted by atomic mass is 10.0. The fourth-order valence-corrected chi connectivity index (χ4v) is 5.03. The van der Waals surface area contributed by atoms with Gasteiger partial charge >= 0.3 is 0 Å². The molecule has 1 N–H and O–H groups in total. The maximum Gasteiger partial charge on any atom is 0.232 e. The number of rotatable bonds is 7. The van der Waals surface area contributed by atoms with Gasteiger partial charge in [-0.1, -0.05) is 35.6 Å². The molecule has 0 aliphatic heterocycles. The minimum absolute atomic E-state index is 0.0187. The van der Waals surface area contributed by atoms with Gasteiger partial charge in [-0.25, -0.2) is 8.42 Å². The molecule has 0 amide bonds. The molecule has 0 atom stereocenters. The Morgan fingerprint density at radius 2 is 1.94 bits per heavy atom. The van der Waals surface area contributed by atoms with E-state index in [1.165, 1.54) is 11.3 Å². The molecule has 0 unspecified atom stereocenters. The van der Waals surface area contributed by atoms with Crippen LogP contribution in [0.25, 0.3) is 26.8 Å². The summed E-state index contributed by atoms with van der Waals surface area (Å²) in [6, 6.07) is 13.4. The Morgan fingerprint density at radius 3 is 2.66 bits per heavy atom. The molecular formula is C23H22N4O3S2. The van der Waals surface area contributed by atoms with Gasteiger partial charge in [-0.15, -0.1) is 10.2 Å². The van der Waals surface area contributed by atoms with Crippen molar-refractivity contribution in [1.82, 2.24) is 14.9 Å². The summed E-state index contributed by atoms with van der Waals surface area (Å²) in [6.45, 7) is 5.44. The molecule has 0 radical (unpaired) electrons. The molecular weight excluding hydrogens is 444 g/mol. The normalized spacial score (nSPS) is 12.9. The standard InChI is InChI=1S/C23H22N4O3S2/c1-4-32(28,29)27-20-10-9-17-18(20)6-5-7-19(17)23-26-25-22(31-23)15-8-11-21(30-14(2)3)16(12-15)13-24/h5-8,10-12,14,27H,4,9H2,1-3H3. The van der Waals surface area contributed by atoms with Crippen LogP contribution in [0, 0.1) is 11.3 Å². The van der Waals surface area contributed by atoms with E-state index in [9.17, 15) is 13.7 Å². The van der Waals surface area contributed by atoms with Crippen molar-refractivity contribution in [3.63, 3.8) is 0 Å². The quantitative estimate of drug-likeness (QED) is 0.554. The zero-order valence-corrected chi connectivity index (χ0v) is 19.5. The Balaban J connectivity index is 1.65. The number of sulfonamides is 1. The Labute approximate surface area is 191 Å². The third-order valence-electron chi connectivity index (χ3n) is 4.99. The molecule has 4 rings (SSSR count). The molecule has 0 spiro atoms. The second-order valence-corrected chi connectivity index (χ2v) is 10.5. The zero-order valence-electron chi connectivity index (χ0n) is 17.9. The van der Waals surface area contributed by atoms with Crippen molar-refractivity contribution in [3.8, 4) is 33.0 Å². The molecule has 0 fully saturated rings. The second kappa shape index (κ2) is 8.73. The highest BCUT2D eigenvalue weighted by Crippen LogP contribution is 2.38. The number of ether oxygens (including phenoxy) is 1. The highest BCUT2D eigenvalue weighted by Gasteiger charge is 2.23. The number of aromatic nitrogens is 2. The highest BCUT2D eigenvalue weighted by atomic mass is 32.2. The van der Waals surface area contributed by atoms with Crippen molar-refractivity contribution in [2.75, 3.05) is 5.75 Å². The number of benzene rings is 2. The van der Waals surface area contributed by atoms with Crippen LogP contribution in [0.2, 0.25) is 0 Å². The van der Waals surface area contributed by atoms with Crippen LogP contribution in [-0.4, -0.2) is 30.5 Å². The second-order valence-electron chi connectivity index (χ2n) is 7.56. The molecule has 0 bridgehead atoms. The van der Waals surface area contributed by atoms with Crippen molar-refractivity contribution in [2.45, 2.75) is 33.3 Å². The van der Waals surface area contributed by atoms with Gasteiger partial charge in [0.25, 0.3) is 0 Å². The minimum atomic E-state index is -3.35. The van der Waals surface area contributed by atoms with Gasteiger partial charge in [0.05, 0.1) is 23.1 Å². The largest absolute Gasteiger partial charge is 0.490 e. The van der Waals surface area contributed by atoms with Gasteiger partial charge in [0.2, 0.25) is 10.0 Å². The molecule has 3 aromatic rings. The van der Waals surface area contributed by atoms with E-state index >= 15 is 0 Å². The molecule has 9 heteroatoms. The minimum Gasteiger partial charge on any atom is -0.490 e. The lowest BCUT2D eigenvalue weighted by Gasteiger charge is -2.11. The lowest BCUT2D eigenvalue weighted by molar-refractivity contribution is 0.242. The van der Waals surface area contributed by atoms with Gasteiger partial charge < -0.3 is 4.74 Å². The van der Waals surface area contributed by atoms with Gasteiger partial charge in [-0.3, -0.25) is 4.72 Å². The maximum atomic E-state index is 12.0. The first-order valence-electron chi connectivity index (χ1n) is 10.2. The van der Waals surface area contributed by atoms with Crippen molar-refractivity contribution in [3.05, 3.63) is 59.2 Å². The molecule has 32 heavy (non-hydrogen) atoms. The molecule has 1 aliphatic carbocycles. The highest BCUT2D eigenvalue weighted by molar-refractivity contribution is 7.89. The molecule has 1 aliphatic rings. The van der Waals surface area contributed by atoms with Gasteiger partial charge in [0, 0.05) is 16.7 Å². The van der Waals surface area contributed by atoms with Crippen LogP contribution in [-0.2, 0) is 16.4 Å².